The predicted molar refractivity (Wildman–Crippen MR) is 56.0 cm³/mol. The van der Waals surface area contributed by atoms with E-state index in [-0.39, 0.29) is 11.4 Å². The van der Waals surface area contributed by atoms with Gasteiger partial charge in [0.2, 0.25) is 0 Å². The number of aromatic carboxylic acids is 1. The standard InChI is InChI=1S/C9H5BrFN3O2/c10-6-1-7(11)8(12-3-6)14-4-5(2-13-14)9(15)16/h1-4H,(H,15,16). The van der Waals surface area contributed by atoms with Crippen LogP contribution < -0.4 is 0 Å². The minimum Gasteiger partial charge on any atom is -0.478 e. The van der Waals surface area contributed by atoms with Crippen LogP contribution in [0.5, 0.6) is 0 Å². The van der Waals surface area contributed by atoms with E-state index >= 15 is 0 Å². The molecule has 7 heteroatoms. The molecule has 0 bridgehead atoms. The number of carboxylic acid groups (broad SMARTS) is 1. The molecule has 82 valence electrons. The summed E-state index contributed by atoms with van der Waals surface area (Å²) in [5.41, 5.74) is -0.0240. The third-order valence-corrected chi connectivity index (χ3v) is 2.27. The number of nitrogens with zero attached hydrogens (tertiary/aromatic N) is 3. The maximum Gasteiger partial charge on any atom is 0.338 e. The van der Waals surface area contributed by atoms with Crippen molar-refractivity contribution in [2.45, 2.75) is 0 Å². The minimum atomic E-state index is -1.12. The van der Waals surface area contributed by atoms with Gasteiger partial charge < -0.3 is 5.11 Å². The fraction of sp³-hybridized carbons (Fsp3) is 0. The Kier molecular flexibility index (Phi) is 2.69. The lowest BCUT2D eigenvalue weighted by Gasteiger charge is -2.01. The van der Waals surface area contributed by atoms with E-state index in [0.717, 1.165) is 10.9 Å². The zero-order valence-corrected chi connectivity index (χ0v) is 9.35. The first-order valence-electron chi connectivity index (χ1n) is 4.17. The molecule has 0 spiro atoms. The Morgan fingerprint density at radius 1 is 1.50 bits per heavy atom. The number of aromatic nitrogens is 3. The molecule has 2 heterocycles. The largest absolute Gasteiger partial charge is 0.478 e. The molecule has 0 amide bonds. The van der Waals surface area contributed by atoms with Crippen molar-refractivity contribution in [3.05, 3.63) is 40.5 Å². The molecular formula is C9H5BrFN3O2. The van der Waals surface area contributed by atoms with Crippen molar-refractivity contribution in [2.24, 2.45) is 0 Å². The van der Waals surface area contributed by atoms with Crippen molar-refractivity contribution in [2.75, 3.05) is 0 Å². The van der Waals surface area contributed by atoms with Gasteiger partial charge in [-0.3, -0.25) is 0 Å². The first-order valence-corrected chi connectivity index (χ1v) is 4.96. The Bertz CT molecular complexity index is 555. The summed E-state index contributed by atoms with van der Waals surface area (Å²) in [4.78, 5) is 14.4. The van der Waals surface area contributed by atoms with E-state index in [2.05, 4.69) is 26.0 Å². The zero-order valence-electron chi connectivity index (χ0n) is 7.76. The van der Waals surface area contributed by atoms with E-state index in [1.54, 1.807) is 0 Å². The van der Waals surface area contributed by atoms with E-state index in [1.165, 1.54) is 18.5 Å². The highest BCUT2D eigenvalue weighted by Crippen LogP contribution is 2.15. The van der Waals surface area contributed by atoms with Crippen molar-refractivity contribution < 1.29 is 14.3 Å². The molecule has 0 saturated heterocycles. The molecular weight excluding hydrogens is 281 g/mol. The molecule has 0 atom stereocenters. The molecule has 0 aliphatic carbocycles. The number of hydrogen-bond donors (Lipinski definition) is 1. The summed E-state index contributed by atoms with van der Waals surface area (Å²) in [5.74, 6) is -1.76. The Balaban J connectivity index is 2.46. The lowest BCUT2D eigenvalue weighted by molar-refractivity contribution is 0.0697. The Morgan fingerprint density at radius 2 is 2.25 bits per heavy atom. The van der Waals surface area contributed by atoms with Gasteiger partial charge in [-0.2, -0.15) is 5.10 Å². The highest BCUT2D eigenvalue weighted by Gasteiger charge is 2.11. The van der Waals surface area contributed by atoms with Crippen LogP contribution in [0.4, 0.5) is 4.39 Å². The van der Waals surface area contributed by atoms with Crippen LogP contribution in [0, 0.1) is 5.82 Å². The maximum atomic E-state index is 13.4. The van der Waals surface area contributed by atoms with Crippen LogP contribution in [-0.2, 0) is 0 Å². The molecule has 0 aliphatic rings. The maximum absolute atomic E-state index is 13.4. The highest BCUT2D eigenvalue weighted by molar-refractivity contribution is 9.10. The van der Waals surface area contributed by atoms with Crippen molar-refractivity contribution in [1.29, 1.82) is 0 Å². The molecule has 2 aromatic heterocycles. The number of carbonyl (C=O) groups is 1. The molecule has 0 fully saturated rings. The van der Waals surface area contributed by atoms with Gasteiger partial charge in [0.25, 0.3) is 0 Å². The summed E-state index contributed by atoms with van der Waals surface area (Å²) in [5, 5.41) is 12.4. The van der Waals surface area contributed by atoms with Gasteiger partial charge in [0, 0.05) is 16.9 Å². The molecule has 2 aromatic rings. The fourth-order valence-corrected chi connectivity index (χ4v) is 1.43. The smallest absolute Gasteiger partial charge is 0.338 e. The summed E-state index contributed by atoms with van der Waals surface area (Å²) >= 11 is 3.07. The van der Waals surface area contributed by atoms with Crippen LogP contribution in [0.1, 0.15) is 10.4 Å². The zero-order chi connectivity index (χ0) is 11.7. The van der Waals surface area contributed by atoms with E-state index in [0.29, 0.717) is 4.47 Å². The van der Waals surface area contributed by atoms with Gasteiger partial charge in [-0.1, -0.05) is 0 Å². The topological polar surface area (TPSA) is 68.0 Å². The second-order valence-corrected chi connectivity index (χ2v) is 3.85. The molecule has 1 N–H and O–H groups in total. The summed E-state index contributed by atoms with van der Waals surface area (Å²) in [6, 6.07) is 1.23. The van der Waals surface area contributed by atoms with Crippen LogP contribution >= 0.6 is 15.9 Å². The molecule has 5 nitrogen and oxygen atoms in total. The average Bonchev–Trinajstić information content (AvgIpc) is 2.66. The van der Waals surface area contributed by atoms with Crippen LogP contribution in [0.2, 0.25) is 0 Å². The van der Waals surface area contributed by atoms with Gasteiger partial charge in [-0.15, -0.1) is 0 Å². The SMILES string of the molecule is O=C(O)c1cnn(-c2ncc(Br)cc2F)c1. The number of pyridine rings is 1. The summed E-state index contributed by atoms with van der Waals surface area (Å²) in [6.45, 7) is 0. The van der Waals surface area contributed by atoms with Crippen molar-refractivity contribution >= 4 is 21.9 Å². The normalized spacial score (nSPS) is 10.4. The molecule has 0 aliphatic heterocycles. The van der Waals surface area contributed by atoms with E-state index in [9.17, 15) is 9.18 Å². The molecule has 0 aromatic carbocycles. The first kappa shape index (κ1) is 10.7. The molecule has 0 radical (unpaired) electrons. The van der Waals surface area contributed by atoms with Crippen LogP contribution in [0.3, 0.4) is 0 Å². The Labute approximate surface area is 97.7 Å². The lowest BCUT2D eigenvalue weighted by atomic mass is 10.4. The molecule has 0 unspecified atom stereocenters. The Hall–Kier alpha value is -1.76. The number of carboxylic acids is 1. The second-order valence-electron chi connectivity index (χ2n) is 2.94. The van der Waals surface area contributed by atoms with Gasteiger partial charge in [-0.05, 0) is 22.0 Å². The van der Waals surface area contributed by atoms with E-state index in [4.69, 9.17) is 5.11 Å². The van der Waals surface area contributed by atoms with Crippen LogP contribution in [-0.4, -0.2) is 25.8 Å². The van der Waals surface area contributed by atoms with Gasteiger partial charge >= 0.3 is 5.97 Å². The monoisotopic (exact) mass is 285 g/mol. The van der Waals surface area contributed by atoms with Crippen LogP contribution in [0.15, 0.2) is 29.1 Å². The van der Waals surface area contributed by atoms with Gasteiger partial charge in [0.05, 0.1) is 11.8 Å². The first-order chi connectivity index (χ1) is 7.58. The average molecular weight is 286 g/mol. The molecule has 16 heavy (non-hydrogen) atoms. The predicted octanol–water partition coefficient (Wildman–Crippen LogP) is 1.87. The highest BCUT2D eigenvalue weighted by atomic mass is 79.9. The quantitative estimate of drug-likeness (QED) is 0.915. The fourth-order valence-electron chi connectivity index (χ4n) is 1.13. The summed E-state index contributed by atoms with van der Waals surface area (Å²) in [7, 11) is 0. The Morgan fingerprint density at radius 3 is 2.81 bits per heavy atom. The van der Waals surface area contributed by atoms with Crippen LogP contribution in [0.25, 0.3) is 5.82 Å². The third kappa shape index (κ3) is 1.94. The second kappa shape index (κ2) is 4.01. The molecule has 2 rings (SSSR count). The summed E-state index contributed by atoms with van der Waals surface area (Å²) in [6.07, 6.45) is 3.73. The van der Waals surface area contributed by atoms with Gasteiger partial charge in [0.15, 0.2) is 11.6 Å². The lowest BCUT2D eigenvalue weighted by Crippen LogP contribution is -2.01. The summed E-state index contributed by atoms with van der Waals surface area (Å²) < 4.78 is 15.0. The number of rotatable bonds is 2. The van der Waals surface area contributed by atoms with Crippen molar-refractivity contribution in [1.82, 2.24) is 14.8 Å². The van der Waals surface area contributed by atoms with Crippen molar-refractivity contribution in [3.63, 3.8) is 0 Å². The van der Waals surface area contributed by atoms with E-state index < -0.39 is 11.8 Å². The molecule has 0 saturated carbocycles. The van der Waals surface area contributed by atoms with E-state index in [1.807, 2.05) is 0 Å². The van der Waals surface area contributed by atoms with Crippen molar-refractivity contribution in [3.8, 4) is 5.82 Å². The minimum absolute atomic E-state index is 0.0240. The number of halogens is 2. The van der Waals surface area contributed by atoms with Gasteiger partial charge in [0.1, 0.15) is 0 Å². The van der Waals surface area contributed by atoms with Gasteiger partial charge in [-0.25, -0.2) is 18.9 Å². The number of hydrogen-bond acceptors (Lipinski definition) is 3. The third-order valence-electron chi connectivity index (χ3n) is 1.83.